The molecule has 0 unspecified atom stereocenters. The van der Waals surface area contributed by atoms with Gasteiger partial charge in [0.25, 0.3) is 5.56 Å². The number of primary amides is 1. The van der Waals surface area contributed by atoms with E-state index < -0.39 is 5.91 Å². The molecule has 0 aliphatic heterocycles. The molecule has 0 radical (unpaired) electrons. The summed E-state index contributed by atoms with van der Waals surface area (Å²) in [5.41, 5.74) is 6.17. The van der Waals surface area contributed by atoms with Crippen LogP contribution in [0.3, 0.4) is 0 Å². The molecular weight excluding hydrogens is 228 g/mol. The molecule has 1 aromatic heterocycles. The lowest BCUT2D eigenvalue weighted by Crippen LogP contribution is -2.25. The molecule has 2 rings (SSSR count). The molecule has 0 saturated carbocycles. The van der Waals surface area contributed by atoms with Crippen LogP contribution in [-0.4, -0.2) is 10.5 Å². The second-order valence-electron chi connectivity index (χ2n) is 4.78. The molecule has 1 heterocycles. The van der Waals surface area contributed by atoms with Gasteiger partial charge in [0.05, 0.1) is 11.1 Å². The van der Waals surface area contributed by atoms with Crippen molar-refractivity contribution in [2.75, 3.05) is 0 Å². The number of amides is 1. The lowest BCUT2D eigenvalue weighted by molar-refractivity contribution is 0.100. The highest BCUT2D eigenvalue weighted by Gasteiger charge is 2.12. The van der Waals surface area contributed by atoms with Crippen molar-refractivity contribution in [1.29, 1.82) is 0 Å². The van der Waals surface area contributed by atoms with Gasteiger partial charge in [-0.25, -0.2) is 0 Å². The van der Waals surface area contributed by atoms with Gasteiger partial charge in [0.2, 0.25) is 5.91 Å². The molecule has 0 saturated heterocycles. The zero-order valence-corrected chi connectivity index (χ0v) is 10.5. The van der Waals surface area contributed by atoms with Gasteiger partial charge in [-0.1, -0.05) is 32.0 Å². The van der Waals surface area contributed by atoms with Crippen LogP contribution in [0.1, 0.15) is 24.2 Å². The van der Waals surface area contributed by atoms with Crippen molar-refractivity contribution in [2.24, 2.45) is 11.7 Å². The number of carbonyl (C=O) groups excluding carboxylic acids is 1. The Hall–Kier alpha value is -2.10. The molecule has 0 aliphatic carbocycles. The number of aromatic nitrogens is 1. The lowest BCUT2D eigenvalue weighted by atomic mass is 10.1. The molecule has 0 aliphatic rings. The van der Waals surface area contributed by atoms with Crippen LogP contribution in [0, 0.1) is 5.92 Å². The first-order valence-corrected chi connectivity index (χ1v) is 5.93. The number of benzene rings is 1. The predicted molar refractivity (Wildman–Crippen MR) is 71.6 cm³/mol. The summed E-state index contributed by atoms with van der Waals surface area (Å²) in [6.07, 6.45) is 0. The van der Waals surface area contributed by atoms with Gasteiger partial charge in [0.15, 0.2) is 0 Å². The largest absolute Gasteiger partial charge is 0.366 e. The van der Waals surface area contributed by atoms with Crippen LogP contribution in [0.2, 0.25) is 0 Å². The summed E-state index contributed by atoms with van der Waals surface area (Å²) >= 11 is 0. The van der Waals surface area contributed by atoms with Gasteiger partial charge in [-0.3, -0.25) is 9.59 Å². The summed E-state index contributed by atoms with van der Waals surface area (Å²) in [4.78, 5) is 23.4. The maximum absolute atomic E-state index is 12.0. The number of carbonyl (C=O) groups is 1. The Labute approximate surface area is 105 Å². The molecule has 0 spiro atoms. The summed E-state index contributed by atoms with van der Waals surface area (Å²) < 4.78 is 1.69. The van der Waals surface area contributed by atoms with E-state index in [1.807, 2.05) is 38.1 Å². The number of hydrogen-bond donors (Lipinski definition) is 1. The van der Waals surface area contributed by atoms with Crippen molar-refractivity contribution >= 4 is 16.8 Å². The first-order valence-electron chi connectivity index (χ1n) is 5.93. The quantitative estimate of drug-likeness (QED) is 0.894. The van der Waals surface area contributed by atoms with Crippen LogP contribution in [-0.2, 0) is 6.54 Å². The van der Waals surface area contributed by atoms with Gasteiger partial charge >= 0.3 is 0 Å². The van der Waals surface area contributed by atoms with E-state index in [1.165, 1.54) is 6.07 Å². The lowest BCUT2D eigenvalue weighted by Gasteiger charge is -2.13. The number of rotatable bonds is 3. The van der Waals surface area contributed by atoms with Gasteiger partial charge < -0.3 is 10.3 Å². The minimum Gasteiger partial charge on any atom is -0.366 e. The number of nitrogens with zero attached hydrogens (tertiary/aromatic N) is 1. The van der Waals surface area contributed by atoms with E-state index in [0.717, 1.165) is 10.9 Å². The minimum atomic E-state index is -0.569. The monoisotopic (exact) mass is 244 g/mol. The van der Waals surface area contributed by atoms with Gasteiger partial charge in [-0.15, -0.1) is 0 Å². The first kappa shape index (κ1) is 12.4. The summed E-state index contributed by atoms with van der Waals surface area (Å²) in [5, 5.41) is 0.727. The molecule has 18 heavy (non-hydrogen) atoms. The van der Waals surface area contributed by atoms with Crippen molar-refractivity contribution in [3.8, 4) is 0 Å². The molecule has 4 nitrogen and oxygen atoms in total. The van der Waals surface area contributed by atoms with Crippen molar-refractivity contribution in [3.05, 3.63) is 46.2 Å². The summed E-state index contributed by atoms with van der Waals surface area (Å²) in [5.74, 6) is -0.217. The van der Waals surface area contributed by atoms with Gasteiger partial charge in [0.1, 0.15) is 0 Å². The third-order valence-electron chi connectivity index (χ3n) is 2.83. The molecule has 94 valence electrons. The van der Waals surface area contributed by atoms with Gasteiger partial charge in [-0.05, 0) is 12.0 Å². The van der Waals surface area contributed by atoms with Crippen molar-refractivity contribution in [1.82, 2.24) is 4.57 Å². The number of para-hydroxylation sites is 1. The SMILES string of the molecule is CC(C)Cn1c(=O)cc(C(N)=O)c2ccccc21. The van der Waals surface area contributed by atoms with E-state index in [0.29, 0.717) is 12.5 Å². The van der Waals surface area contributed by atoms with Gasteiger partial charge in [0, 0.05) is 18.0 Å². The Bertz CT molecular complexity index is 656. The van der Waals surface area contributed by atoms with Crippen LogP contribution in [0.25, 0.3) is 10.9 Å². The van der Waals surface area contributed by atoms with Crippen molar-refractivity contribution in [2.45, 2.75) is 20.4 Å². The second kappa shape index (κ2) is 4.64. The molecule has 0 atom stereocenters. The highest BCUT2D eigenvalue weighted by Crippen LogP contribution is 2.17. The van der Waals surface area contributed by atoms with E-state index in [9.17, 15) is 9.59 Å². The summed E-state index contributed by atoms with van der Waals surface area (Å²) in [6, 6.07) is 8.66. The van der Waals surface area contributed by atoms with Crippen LogP contribution in [0.4, 0.5) is 0 Å². The van der Waals surface area contributed by atoms with Crippen LogP contribution in [0.15, 0.2) is 35.1 Å². The van der Waals surface area contributed by atoms with E-state index in [2.05, 4.69) is 0 Å². The Balaban J connectivity index is 2.81. The topological polar surface area (TPSA) is 65.1 Å². The second-order valence-corrected chi connectivity index (χ2v) is 4.78. The smallest absolute Gasteiger partial charge is 0.251 e. The van der Waals surface area contributed by atoms with Crippen LogP contribution < -0.4 is 11.3 Å². The Morgan fingerprint density at radius 3 is 2.61 bits per heavy atom. The van der Waals surface area contributed by atoms with E-state index in [4.69, 9.17) is 5.73 Å². The molecule has 0 bridgehead atoms. The molecule has 0 fully saturated rings. The fourth-order valence-electron chi connectivity index (χ4n) is 2.09. The summed E-state index contributed by atoms with van der Waals surface area (Å²) in [7, 11) is 0. The summed E-state index contributed by atoms with van der Waals surface area (Å²) in [6.45, 7) is 4.71. The predicted octanol–water partition coefficient (Wildman–Crippen LogP) is 1.76. The zero-order chi connectivity index (χ0) is 13.3. The van der Waals surface area contributed by atoms with Crippen molar-refractivity contribution in [3.63, 3.8) is 0 Å². The average Bonchev–Trinajstić information content (AvgIpc) is 2.31. The Kier molecular flexibility index (Phi) is 3.19. The third-order valence-corrected chi connectivity index (χ3v) is 2.83. The zero-order valence-electron chi connectivity index (χ0n) is 10.5. The highest BCUT2D eigenvalue weighted by molar-refractivity contribution is 6.05. The first-order chi connectivity index (χ1) is 8.50. The minimum absolute atomic E-state index is 0.184. The molecular formula is C14H16N2O2. The Morgan fingerprint density at radius 2 is 2.00 bits per heavy atom. The number of pyridine rings is 1. The van der Waals surface area contributed by atoms with Gasteiger partial charge in [-0.2, -0.15) is 0 Å². The molecule has 4 heteroatoms. The van der Waals surface area contributed by atoms with Crippen LogP contribution >= 0.6 is 0 Å². The number of nitrogens with two attached hydrogens (primary N) is 1. The standard InChI is InChI=1S/C14H16N2O2/c1-9(2)8-16-12-6-4-3-5-10(12)11(14(15)18)7-13(16)17/h3-7,9H,8H2,1-2H3,(H2,15,18). The average molecular weight is 244 g/mol. The normalized spacial score (nSPS) is 11.1. The van der Waals surface area contributed by atoms with Crippen molar-refractivity contribution < 1.29 is 4.79 Å². The third kappa shape index (κ3) is 2.14. The molecule has 2 N–H and O–H groups in total. The van der Waals surface area contributed by atoms with E-state index in [-0.39, 0.29) is 11.1 Å². The number of fused-ring (bicyclic) bond motifs is 1. The van der Waals surface area contributed by atoms with E-state index in [1.54, 1.807) is 4.57 Å². The molecule has 1 aromatic carbocycles. The molecule has 1 amide bonds. The van der Waals surface area contributed by atoms with Crippen LogP contribution in [0.5, 0.6) is 0 Å². The number of hydrogen-bond acceptors (Lipinski definition) is 2. The fourth-order valence-corrected chi connectivity index (χ4v) is 2.09. The fraction of sp³-hybridized carbons (Fsp3) is 0.286. The highest BCUT2D eigenvalue weighted by atomic mass is 16.1. The molecule has 2 aromatic rings. The maximum atomic E-state index is 12.0. The Morgan fingerprint density at radius 1 is 1.33 bits per heavy atom. The maximum Gasteiger partial charge on any atom is 0.251 e. The van der Waals surface area contributed by atoms with E-state index >= 15 is 0 Å².